The molecule has 0 aliphatic heterocycles. The van der Waals surface area contributed by atoms with Crippen molar-refractivity contribution >= 4 is 17.8 Å². The Bertz CT molecular complexity index is 1050. The van der Waals surface area contributed by atoms with Crippen LogP contribution in [-0.2, 0) is 0 Å². The van der Waals surface area contributed by atoms with E-state index in [1.807, 2.05) is 25.3 Å². The Balaban J connectivity index is 1.66. The van der Waals surface area contributed by atoms with E-state index in [0.717, 1.165) is 40.8 Å². The average Bonchev–Trinajstić information content (AvgIpc) is 3.06. The van der Waals surface area contributed by atoms with Gasteiger partial charge in [0, 0.05) is 29.7 Å². The first kappa shape index (κ1) is 17.2. The van der Waals surface area contributed by atoms with Crippen LogP contribution in [0.2, 0.25) is 0 Å². The smallest absolute Gasteiger partial charge is 0.243 e. The highest BCUT2D eigenvalue weighted by molar-refractivity contribution is 5.80. The number of pyridine rings is 1. The third-order valence-corrected chi connectivity index (χ3v) is 4.99. The zero-order chi connectivity index (χ0) is 19.0. The number of nitrogens with two attached hydrogens (primary N) is 1. The van der Waals surface area contributed by atoms with Gasteiger partial charge in [-0.2, -0.15) is 4.98 Å². The fourth-order valence-electron chi connectivity index (χ4n) is 3.55. The van der Waals surface area contributed by atoms with Crippen LogP contribution >= 0.6 is 0 Å². The van der Waals surface area contributed by atoms with E-state index in [1.165, 1.54) is 18.3 Å². The summed E-state index contributed by atoms with van der Waals surface area (Å²) in [7, 11) is 0. The Morgan fingerprint density at radius 3 is 2.96 bits per heavy atom. The summed E-state index contributed by atoms with van der Waals surface area (Å²) in [6.45, 7) is 1.88. The maximum absolute atomic E-state index is 13.5. The SMILES string of the molecule is Cc1cc(F)ccc1-c1cccn2nc(NC3CCC(N)=C(C=N)C3)nc12. The van der Waals surface area contributed by atoms with Crippen molar-refractivity contribution in [1.82, 2.24) is 14.6 Å². The minimum Gasteiger partial charge on any atom is -0.402 e. The van der Waals surface area contributed by atoms with Crippen molar-refractivity contribution in [2.45, 2.75) is 32.2 Å². The van der Waals surface area contributed by atoms with E-state index < -0.39 is 0 Å². The van der Waals surface area contributed by atoms with Crippen LogP contribution in [0.25, 0.3) is 16.8 Å². The maximum atomic E-state index is 13.5. The highest BCUT2D eigenvalue weighted by Crippen LogP contribution is 2.28. The number of hydrogen-bond donors (Lipinski definition) is 3. The average molecular weight is 364 g/mol. The molecule has 1 aliphatic carbocycles. The van der Waals surface area contributed by atoms with Crippen LogP contribution in [0.5, 0.6) is 0 Å². The Morgan fingerprint density at radius 2 is 2.19 bits per heavy atom. The van der Waals surface area contributed by atoms with Crippen LogP contribution in [0, 0.1) is 18.2 Å². The molecule has 0 bridgehead atoms. The standard InChI is InChI=1S/C20H21FN6/c1-12-9-14(21)4-6-16(12)17-3-2-8-27-19(17)25-20(26-27)24-15-5-7-18(23)13(10-15)11-22/h2-4,6,8-9,11,15,22H,5,7,10,23H2,1H3,(H,24,26). The lowest BCUT2D eigenvalue weighted by Crippen LogP contribution is -2.27. The third kappa shape index (κ3) is 3.28. The van der Waals surface area contributed by atoms with Crippen LogP contribution in [0.3, 0.4) is 0 Å². The summed E-state index contributed by atoms with van der Waals surface area (Å²) in [4.78, 5) is 4.66. The molecule has 6 nitrogen and oxygen atoms in total. The van der Waals surface area contributed by atoms with E-state index >= 15 is 0 Å². The second-order valence-electron chi connectivity index (χ2n) is 6.86. The molecule has 1 aromatic carbocycles. The highest BCUT2D eigenvalue weighted by atomic mass is 19.1. The number of nitrogens with one attached hydrogen (secondary N) is 2. The number of aromatic nitrogens is 3. The number of hydrogen-bond acceptors (Lipinski definition) is 5. The first-order valence-corrected chi connectivity index (χ1v) is 8.91. The number of rotatable bonds is 4. The molecule has 0 saturated heterocycles. The van der Waals surface area contributed by atoms with Crippen molar-refractivity contribution in [3.05, 3.63) is 59.2 Å². The normalized spacial score (nSPS) is 17.3. The molecule has 3 aromatic rings. The second kappa shape index (κ2) is 6.83. The summed E-state index contributed by atoms with van der Waals surface area (Å²) < 4.78 is 15.2. The van der Waals surface area contributed by atoms with Crippen LogP contribution in [0.1, 0.15) is 24.8 Å². The van der Waals surface area contributed by atoms with Gasteiger partial charge in [0.15, 0.2) is 5.65 Å². The van der Waals surface area contributed by atoms with E-state index in [1.54, 1.807) is 10.6 Å². The molecular weight excluding hydrogens is 343 g/mol. The van der Waals surface area contributed by atoms with Crippen LogP contribution in [0.15, 0.2) is 47.8 Å². The molecular formula is C20H21FN6. The molecule has 7 heteroatoms. The molecule has 0 radical (unpaired) electrons. The third-order valence-electron chi connectivity index (χ3n) is 4.99. The Labute approximate surface area is 156 Å². The van der Waals surface area contributed by atoms with Crippen molar-refractivity contribution in [3.8, 4) is 11.1 Å². The number of nitrogens with zero attached hydrogens (tertiary/aromatic N) is 3. The maximum Gasteiger partial charge on any atom is 0.243 e. The summed E-state index contributed by atoms with van der Waals surface area (Å²) in [6.07, 6.45) is 5.50. The fraction of sp³-hybridized carbons (Fsp3) is 0.250. The van der Waals surface area contributed by atoms with Crippen molar-refractivity contribution in [2.24, 2.45) is 5.73 Å². The highest BCUT2D eigenvalue weighted by Gasteiger charge is 2.20. The minimum atomic E-state index is -0.251. The lowest BCUT2D eigenvalue weighted by Gasteiger charge is -2.24. The van der Waals surface area contributed by atoms with Gasteiger partial charge >= 0.3 is 0 Å². The van der Waals surface area contributed by atoms with Crippen molar-refractivity contribution in [1.29, 1.82) is 5.41 Å². The number of aryl methyl sites for hydroxylation is 1. The molecule has 4 rings (SSSR count). The Hall–Kier alpha value is -3.22. The van der Waals surface area contributed by atoms with E-state index in [-0.39, 0.29) is 11.9 Å². The van der Waals surface area contributed by atoms with Gasteiger partial charge in [-0.15, -0.1) is 5.10 Å². The van der Waals surface area contributed by atoms with Gasteiger partial charge < -0.3 is 16.5 Å². The Kier molecular flexibility index (Phi) is 4.35. The molecule has 2 heterocycles. The largest absolute Gasteiger partial charge is 0.402 e. The summed E-state index contributed by atoms with van der Waals surface area (Å²) in [5.41, 5.74) is 11.0. The zero-order valence-corrected chi connectivity index (χ0v) is 15.0. The van der Waals surface area contributed by atoms with E-state index in [0.29, 0.717) is 18.0 Å². The van der Waals surface area contributed by atoms with E-state index in [2.05, 4.69) is 15.4 Å². The second-order valence-corrected chi connectivity index (χ2v) is 6.86. The lowest BCUT2D eigenvalue weighted by atomic mass is 9.93. The van der Waals surface area contributed by atoms with Gasteiger partial charge in [0.05, 0.1) is 0 Å². The quantitative estimate of drug-likeness (QED) is 0.616. The number of fused-ring (bicyclic) bond motifs is 1. The van der Waals surface area contributed by atoms with Crippen molar-refractivity contribution in [2.75, 3.05) is 5.32 Å². The van der Waals surface area contributed by atoms with Crippen molar-refractivity contribution in [3.63, 3.8) is 0 Å². The predicted octanol–water partition coefficient (Wildman–Crippen LogP) is 3.67. The molecule has 0 fully saturated rings. The van der Waals surface area contributed by atoms with Crippen LogP contribution in [-0.4, -0.2) is 26.9 Å². The van der Waals surface area contributed by atoms with E-state index in [9.17, 15) is 4.39 Å². The lowest BCUT2D eigenvalue weighted by molar-refractivity contribution is 0.607. The van der Waals surface area contributed by atoms with Crippen LogP contribution < -0.4 is 11.1 Å². The zero-order valence-electron chi connectivity index (χ0n) is 15.0. The number of anilines is 1. The summed E-state index contributed by atoms with van der Waals surface area (Å²) in [5, 5.41) is 15.4. The summed E-state index contributed by atoms with van der Waals surface area (Å²) in [5.74, 6) is 0.288. The van der Waals surface area contributed by atoms with Gasteiger partial charge in [0.2, 0.25) is 5.95 Å². The molecule has 138 valence electrons. The molecule has 1 atom stereocenters. The van der Waals surface area contributed by atoms with Gasteiger partial charge in [0.1, 0.15) is 5.82 Å². The molecule has 0 amide bonds. The first-order chi connectivity index (χ1) is 13.0. The first-order valence-electron chi connectivity index (χ1n) is 8.91. The number of halogens is 1. The van der Waals surface area contributed by atoms with Gasteiger partial charge in [0.25, 0.3) is 0 Å². The number of allylic oxidation sites excluding steroid dienone is 1. The van der Waals surface area contributed by atoms with Gasteiger partial charge in [-0.3, -0.25) is 0 Å². The molecule has 0 saturated carbocycles. The topological polar surface area (TPSA) is 92.1 Å². The molecule has 4 N–H and O–H groups in total. The number of benzene rings is 1. The summed E-state index contributed by atoms with van der Waals surface area (Å²) in [6, 6.07) is 8.76. The Morgan fingerprint density at radius 1 is 1.33 bits per heavy atom. The minimum absolute atomic E-state index is 0.141. The fourth-order valence-corrected chi connectivity index (χ4v) is 3.55. The van der Waals surface area contributed by atoms with Gasteiger partial charge in [-0.25, -0.2) is 8.91 Å². The van der Waals surface area contributed by atoms with Crippen molar-refractivity contribution < 1.29 is 4.39 Å². The van der Waals surface area contributed by atoms with E-state index in [4.69, 9.17) is 11.1 Å². The van der Waals surface area contributed by atoms with Gasteiger partial charge in [-0.1, -0.05) is 6.07 Å². The molecule has 1 aliphatic rings. The van der Waals surface area contributed by atoms with Crippen LogP contribution in [0.4, 0.5) is 10.3 Å². The molecule has 2 aromatic heterocycles. The monoisotopic (exact) mass is 364 g/mol. The predicted molar refractivity (Wildman–Crippen MR) is 104 cm³/mol. The van der Waals surface area contributed by atoms with Gasteiger partial charge in [-0.05, 0) is 67.2 Å². The summed E-state index contributed by atoms with van der Waals surface area (Å²) >= 11 is 0. The molecule has 27 heavy (non-hydrogen) atoms. The molecule has 1 unspecified atom stereocenters. The molecule has 0 spiro atoms.